The van der Waals surface area contributed by atoms with Gasteiger partial charge in [0.2, 0.25) is 5.91 Å². The summed E-state index contributed by atoms with van der Waals surface area (Å²) in [4.78, 5) is 28.8. The van der Waals surface area contributed by atoms with E-state index in [4.69, 9.17) is 0 Å². The van der Waals surface area contributed by atoms with Gasteiger partial charge in [-0.05, 0) is 55.9 Å². The molecule has 1 unspecified atom stereocenters. The number of anilines is 1. The van der Waals surface area contributed by atoms with Crippen molar-refractivity contribution in [2.45, 2.75) is 51.6 Å². The van der Waals surface area contributed by atoms with E-state index in [1.807, 2.05) is 62.4 Å². The number of amides is 2. The topological polar surface area (TPSA) is 75.2 Å². The minimum atomic E-state index is -0.808. The van der Waals surface area contributed by atoms with Gasteiger partial charge in [-0.3, -0.25) is 14.5 Å². The second-order valence-corrected chi connectivity index (χ2v) is 8.72. The van der Waals surface area contributed by atoms with E-state index in [2.05, 4.69) is 14.9 Å². The van der Waals surface area contributed by atoms with E-state index in [-0.39, 0.29) is 23.6 Å². The molecule has 1 saturated carbocycles. The van der Waals surface area contributed by atoms with Gasteiger partial charge in [-0.2, -0.15) is 0 Å². The number of hydrogen-bond acceptors (Lipinski definition) is 5. The molecule has 0 radical (unpaired) electrons. The van der Waals surface area contributed by atoms with Gasteiger partial charge >= 0.3 is 0 Å². The predicted molar refractivity (Wildman–Crippen MR) is 122 cm³/mol. The lowest BCUT2D eigenvalue weighted by Crippen LogP contribution is -2.46. The van der Waals surface area contributed by atoms with Gasteiger partial charge in [0.05, 0.1) is 0 Å². The molecule has 0 bridgehead atoms. The van der Waals surface area contributed by atoms with Crippen molar-refractivity contribution in [3.63, 3.8) is 0 Å². The first-order valence-corrected chi connectivity index (χ1v) is 11.4. The second-order valence-electron chi connectivity index (χ2n) is 8.11. The third kappa shape index (κ3) is 4.82. The van der Waals surface area contributed by atoms with E-state index in [1.165, 1.54) is 0 Å². The maximum Gasteiger partial charge on any atom is 0.280 e. The number of benzene rings is 2. The van der Waals surface area contributed by atoms with E-state index in [1.54, 1.807) is 10.3 Å². The Bertz CT molecular complexity index is 1040. The van der Waals surface area contributed by atoms with Crippen LogP contribution in [0.3, 0.4) is 0 Å². The molecule has 1 heterocycles. The van der Waals surface area contributed by atoms with Crippen molar-refractivity contribution in [1.82, 2.24) is 14.9 Å². The second kappa shape index (κ2) is 9.39. The SMILES string of the molecule is Cc1ccc(N(C(=O)c2csnn2)C(C(=O)NC2CCCC2)c2cccc(C)c2)cc1. The molecule has 0 aliphatic heterocycles. The lowest BCUT2D eigenvalue weighted by atomic mass is 10.00. The number of carbonyl (C=O) groups excluding carboxylic acids is 2. The third-order valence-electron chi connectivity index (χ3n) is 5.68. The van der Waals surface area contributed by atoms with Crippen molar-refractivity contribution >= 4 is 29.0 Å². The van der Waals surface area contributed by atoms with Crippen molar-refractivity contribution in [2.24, 2.45) is 0 Å². The van der Waals surface area contributed by atoms with Crippen LogP contribution in [0.4, 0.5) is 5.69 Å². The van der Waals surface area contributed by atoms with Gasteiger partial charge in [-0.15, -0.1) is 5.10 Å². The highest BCUT2D eigenvalue weighted by Gasteiger charge is 2.35. The molecule has 160 valence electrons. The average Bonchev–Trinajstić information content (AvgIpc) is 3.46. The molecule has 1 fully saturated rings. The fourth-order valence-corrected chi connectivity index (χ4v) is 4.51. The van der Waals surface area contributed by atoms with Gasteiger partial charge in [0, 0.05) is 17.1 Å². The van der Waals surface area contributed by atoms with Crippen LogP contribution in [0.15, 0.2) is 53.9 Å². The van der Waals surface area contributed by atoms with Crippen LogP contribution in [-0.4, -0.2) is 27.4 Å². The van der Waals surface area contributed by atoms with Crippen molar-refractivity contribution in [3.05, 3.63) is 76.3 Å². The van der Waals surface area contributed by atoms with E-state index >= 15 is 0 Å². The molecule has 1 N–H and O–H groups in total. The van der Waals surface area contributed by atoms with Crippen LogP contribution in [0.1, 0.15) is 58.9 Å². The number of aromatic nitrogens is 2. The zero-order valence-electron chi connectivity index (χ0n) is 17.7. The predicted octanol–water partition coefficient (Wildman–Crippen LogP) is 4.60. The maximum atomic E-state index is 13.6. The van der Waals surface area contributed by atoms with Crippen LogP contribution < -0.4 is 10.2 Å². The fraction of sp³-hybridized carbons (Fsp3) is 0.333. The number of nitrogens with zero attached hydrogens (tertiary/aromatic N) is 3. The van der Waals surface area contributed by atoms with Crippen molar-refractivity contribution < 1.29 is 9.59 Å². The van der Waals surface area contributed by atoms with E-state index in [0.29, 0.717) is 5.69 Å². The van der Waals surface area contributed by atoms with Crippen LogP contribution in [0.25, 0.3) is 0 Å². The summed E-state index contributed by atoms with van der Waals surface area (Å²) in [7, 11) is 0. The number of nitrogens with one attached hydrogen (secondary N) is 1. The van der Waals surface area contributed by atoms with E-state index in [9.17, 15) is 9.59 Å². The molecule has 1 aliphatic rings. The highest BCUT2D eigenvalue weighted by Crippen LogP contribution is 2.31. The van der Waals surface area contributed by atoms with Gasteiger partial charge in [-0.25, -0.2) is 0 Å². The van der Waals surface area contributed by atoms with Gasteiger partial charge in [0.1, 0.15) is 6.04 Å². The molecule has 0 saturated heterocycles. The first kappa shape index (κ1) is 21.2. The Balaban J connectivity index is 1.80. The number of rotatable bonds is 6. The highest BCUT2D eigenvalue weighted by molar-refractivity contribution is 7.03. The molecule has 1 aliphatic carbocycles. The van der Waals surface area contributed by atoms with Crippen LogP contribution in [0.5, 0.6) is 0 Å². The lowest BCUT2D eigenvalue weighted by molar-refractivity contribution is -0.123. The first-order valence-electron chi connectivity index (χ1n) is 10.6. The minimum absolute atomic E-state index is 0.149. The molecule has 7 heteroatoms. The Morgan fingerprint density at radius 3 is 2.45 bits per heavy atom. The molecule has 3 aromatic rings. The molecule has 0 spiro atoms. The molecular weight excluding hydrogens is 408 g/mol. The number of carbonyl (C=O) groups is 2. The first-order chi connectivity index (χ1) is 15.0. The summed E-state index contributed by atoms with van der Waals surface area (Å²) in [5, 5.41) is 8.79. The van der Waals surface area contributed by atoms with Gasteiger partial charge in [-0.1, -0.05) is 64.9 Å². The largest absolute Gasteiger partial charge is 0.351 e. The average molecular weight is 435 g/mol. The number of aryl methyl sites for hydroxylation is 2. The Hall–Kier alpha value is -3.06. The summed E-state index contributed by atoms with van der Waals surface area (Å²) >= 11 is 1.12. The van der Waals surface area contributed by atoms with Crippen molar-refractivity contribution in [2.75, 3.05) is 4.90 Å². The van der Waals surface area contributed by atoms with Crippen molar-refractivity contribution in [1.29, 1.82) is 0 Å². The standard InChI is InChI=1S/C24H26N4O2S/c1-16-10-12-20(13-11-16)28(24(30)21-15-31-27-26-21)22(18-7-5-6-17(2)14-18)23(29)25-19-8-3-4-9-19/h5-7,10-15,19,22H,3-4,8-9H2,1-2H3,(H,25,29). The van der Waals surface area contributed by atoms with E-state index < -0.39 is 6.04 Å². The Morgan fingerprint density at radius 1 is 1.06 bits per heavy atom. The summed E-state index contributed by atoms with van der Waals surface area (Å²) in [5.41, 5.74) is 3.76. The van der Waals surface area contributed by atoms with Gasteiger partial charge < -0.3 is 5.32 Å². The molecular formula is C24H26N4O2S. The molecule has 6 nitrogen and oxygen atoms in total. The minimum Gasteiger partial charge on any atom is -0.351 e. The quantitative estimate of drug-likeness (QED) is 0.615. The fourth-order valence-electron chi connectivity index (χ4n) is 4.08. The zero-order chi connectivity index (χ0) is 21.8. The molecule has 2 aromatic carbocycles. The van der Waals surface area contributed by atoms with Crippen LogP contribution in [0, 0.1) is 13.8 Å². The smallest absolute Gasteiger partial charge is 0.280 e. The lowest BCUT2D eigenvalue weighted by Gasteiger charge is -2.32. The Kier molecular flexibility index (Phi) is 6.42. The van der Waals surface area contributed by atoms with Crippen LogP contribution in [0.2, 0.25) is 0 Å². The molecule has 1 aromatic heterocycles. The van der Waals surface area contributed by atoms with Crippen molar-refractivity contribution in [3.8, 4) is 0 Å². The van der Waals surface area contributed by atoms with Gasteiger partial charge in [0.15, 0.2) is 5.69 Å². The molecule has 31 heavy (non-hydrogen) atoms. The van der Waals surface area contributed by atoms with Crippen LogP contribution in [-0.2, 0) is 4.79 Å². The highest BCUT2D eigenvalue weighted by atomic mass is 32.1. The monoisotopic (exact) mass is 434 g/mol. The van der Waals surface area contributed by atoms with E-state index in [0.717, 1.165) is 53.9 Å². The normalized spacial score (nSPS) is 14.9. The van der Waals surface area contributed by atoms with Gasteiger partial charge in [0.25, 0.3) is 5.91 Å². The zero-order valence-corrected chi connectivity index (χ0v) is 18.6. The van der Waals surface area contributed by atoms with Crippen LogP contribution >= 0.6 is 11.5 Å². The summed E-state index contributed by atoms with van der Waals surface area (Å²) in [5.74, 6) is -0.514. The summed E-state index contributed by atoms with van der Waals surface area (Å²) in [6, 6.07) is 14.7. The molecule has 4 rings (SSSR count). The summed E-state index contributed by atoms with van der Waals surface area (Å²) < 4.78 is 3.85. The maximum absolute atomic E-state index is 13.6. The molecule has 2 amide bonds. The molecule has 1 atom stereocenters. The Labute approximate surface area is 186 Å². The summed E-state index contributed by atoms with van der Waals surface area (Å²) in [6.07, 6.45) is 4.18. The summed E-state index contributed by atoms with van der Waals surface area (Å²) in [6.45, 7) is 3.98. The third-order valence-corrected chi connectivity index (χ3v) is 6.18. The number of hydrogen-bond donors (Lipinski definition) is 1. The Morgan fingerprint density at radius 2 is 1.81 bits per heavy atom.